The summed E-state index contributed by atoms with van der Waals surface area (Å²) in [6.07, 6.45) is 1.78. The standard InChI is InChI=1S/C23H17BrCl2N2O2S/c1-13-9-16(14(2)28(13)18-7-8-19(25)20(26)11-18)10-21-22(29)27(23(30)31-21)12-15-3-5-17(24)6-4-15/h3-11H,12H2,1-2H3/b21-10-. The third-order valence-corrected chi connectivity index (χ3v) is 7.22. The van der Waals surface area contributed by atoms with Crippen molar-refractivity contribution in [1.29, 1.82) is 0 Å². The molecule has 31 heavy (non-hydrogen) atoms. The van der Waals surface area contributed by atoms with E-state index in [9.17, 15) is 9.59 Å². The van der Waals surface area contributed by atoms with E-state index in [0.29, 0.717) is 15.0 Å². The Labute approximate surface area is 203 Å². The maximum Gasteiger partial charge on any atom is 0.293 e. The number of aromatic nitrogens is 1. The maximum atomic E-state index is 12.9. The molecular weight excluding hydrogens is 519 g/mol. The number of nitrogens with zero attached hydrogens (tertiary/aromatic N) is 2. The molecule has 1 fully saturated rings. The lowest BCUT2D eigenvalue weighted by atomic mass is 10.2. The zero-order valence-corrected chi connectivity index (χ0v) is 20.6. The van der Waals surface area contributed by atoms with Crippen molar-refractivity contribution in [2.75, 3.05) is 0 Å². The minimum atomic E-state index is -0.280. The van der Waals surface area contributed by atoms with Gasteiger partial charge in [-0.15, -0.1) is 0 Å². The van der Waals surface area contributed by atoms with Gasteiger partial charge in [0, 0.05) is 21.5 Å². The summed E-state index contributed by atoms with van der Waals surface area (Å²) in [5, 5.41) is 0.701. The number of carbonyl (C=O) groups excluding carboxylic acids is 2. The third kappa shape index (κ3) is 4.48. The molecule has 0 aliphatic carbocycles. The van der Waals surface area contributed by atoms with Crippen LogP contribution in [0.5, 0.6) is 0 Å². The van der Waals surface area contributed by atoms with E-state index in [0.717, 1.165) is 44.4 Å². The molecule has 2 amide bonds. The van der Waals surface area contributed by atoms with E-state index in [4.69, 9.17) is 23.2 Å². The number of hydrogen-bond acceptors (Lipinski definition) is 3. The van der Waals surface area contributed by atoms with Crippen LogP contribution in [-0.4, -0.2) is 20.6 Å². The summed E-state index contributed by atoms with van der Waals surface area (Å²) < 4.78 is 2.99. The predicted octanol–water partition coefficient (Wildman–Crippen LogP) is 7.40. The quantitative estimate of drug-likeness (QED) is 0.327. The molecule has 8 heteroatoms. The molecule has 158 valence electrons. The Bertz CT molecular complexity index is 1240. The van der Waals surface area contributed by atoms with Gasteiger partial charge >= 0.3 is 0 Å². The molecule has 2 heterocycles. The van der Waals surface area contributed by atoms with Crippen molar-refractivity contribution in [1.82, 2.24) is 9.47 Å². The van der Waals surface area contributed by atoms with Crippen LogP contribution >= 0.6 is 50.9 Å². The van der Waals surface area contributed by atoms with Gasteiger partial charge in [0.1, 0.15) is 0 Å². The first kappa shape index (κ1) is 22.2. The van der Waals surface area contributed by atoms with Crippen LogP contribution in [0, 0.1) is 13.8 Å². The predicted molar refractivity (Wildman–Crippen MR) is 131 cm³/mol. The second kappa shape index (κ2) is 8.87. The highest BCUT2D eigenvalue weighted by Gasteiger charge is 2.35. The third-order valence-electron chi connectivity index (χ3n) is 5.05. The van der Waals surface area contributed by atoms with E-state index in [-0.39, 0.29) is 17.7 Å². The highest BCUT2D eigenvalue weighted by atomic mass is 79.9. The minimum Gasteiger partial charge on any atom is -0.318 e. The Hall–Kier alpha value is -1.99. The number of carbonyl (C=O) groups is 2. The van der Waals surface area contributed by atoms with E-state index in [1.165, 1.54) is 4.90 Å². The molecule has 0 bridgehead atoms. The largest absolute Gasteiger partial charge is 0.318 e. The van der Waals surface area contributed by atoms with Crippen LogP contribution in [0.2, 0.25) is 10.0 Å². The lowest BCUT2D eigenvalue weighted by Crippen LogP contribution is -2.27. The second-order valence-electron chi connectivity index (χ2n) is 7.15. The molecule has 0 saturated carbocycles. The van der Waals surface area contributed by atoms with Crippen LogP contribution in [0.4, 0.5) is 4.79 Å². The number of benzene rings is 2. The Morgan fingerprint density at radius 3 is 2.39 bits per heavy atom. The molecule has 1 aliphatic heterocycles. The molecule has 1 saturated heterocycles. The fraction of sp³-hybridized carbons (Fsp3) is 0.130. The van der Waals surface area contributed by atoms with Crippen LogP contribution < -0.4 is 0 Å². The molecule has 4 nitrogen and oxygen atoms in total. The van der Waals surface area contributed by atoms with Crippen molar-refractivity contribution in [3.63, 3.8) is 0 Å². The first-order valence-corrected chi connectivity index (χ1v) is 11.8. The summed E-state index contributed by atoms with van der Waals surface area (Å²) >= 11 is 16.6. The number of rotatable bonds is 4. The van der Waals surface area contributed by atoms with Gasteiger partial charge in [0.2, 0.25) is 0 Å². The van der Waals surface area contributed by atoms with Gasteiger partial charge in [0.15, 0.2) is 0 Å². The number of amides is 2. The van der Waals surface area contributed by atoms with Crippen molar-refractivity contribution in [3.05, 3.63) is 90.5 Å². The summed E-state index contributed by atoms with van der Waals surface area (Å²) in [5.74, 6) is -0.280. The zero-order valence-electron chi connectivity index (χ0n) is 16.7. The van der Waals surface area contributed by atoms with Crippen LogP contribution in [0.25, 0.3) is 11.8 Å². The number of aryl methyl sites for hydroxylation is 1. The molecule has 0 spiro atoms. The summed E-state index contributed by atoms with van der Waals surface area (Å²) in [7, 11) is 0. The van der Waals surface area contributed by atoms with Gasteiger partial charge in [0.05, 0.1) is 21.5 Å². The van der Waals surface area contributed by atoms with Crippen LogP contribution in [0.1, 0.15) is 22.5 Å². The average Bonchev–Trinajstić information content (AvgIpc) is 3.15. The van der Waals surface area contributed by atoms with E-state index >= 15 is 0 Å². The highest BCUT2D eigenvalue weighted by molar-refractivity contribution is 9.10. The minimum absolute atomic E-state index is 0.248. The first-order valence-electron chi connectivity index (χ1n) is 9.39. The SMILES string of the molecule is Cc1cc(/C=C2\SC(=O)N(Cc3ccc(Br)cc3)C2=O)c(C)n1-c1ccc(Cl)c(Cl)c1. The molecule has 2 aromatic carbocycles. The van der Waals surface area contributed by atoms with Crippen molar-refractivity contribution in [3.8, 4) is 5.69 Å². The van der Waals surface area contributed by atoms with Gasteiger partial charge in [-0.25, -0.2) is 0 Å². The summed E-state index contributed by atoms with van der Waals surface area (Å²) in [6, 6.07) is 15.0. The lowest BCUT2D eigenvalue weighted by Gasteiger charge is -2.12. The fourth-order valence-electron chi connectivity index (χ4n) is 3.51. The Kier molecular flexibility index (Phi) is 6.35. The monoisotopic (exact) mass is 534 g/mol. The van der Waals surface area contributed by atoms with E-state index in [1.807, 2.05) is 54.8 Å². The smallest absolute Gasteiger partial charge is 0.293 e. The van der Waals surface area contributed by atoms with Gasteiger partial charge < -0.3 is 4.57 Å². The lowest BCUT2D eigenvalue weighted by molar-refractivity contribution is -0.123. The number of halogens is 3. The number of hydrogen-bond donors (Lipinski definition) is 0. The molecular formula is C23H17BrCl2N2O2S. The molecule has 1 aromatic heterocycles. The van der Waals surface area contributed by atoms with Crippen molar-refractivity contribution in [2.24, 2.45) is 0 Å². The number of thioether (sulfide) groups is 1. The zero-order chi connectivity index (χ0) is 22.3. The molecule has 4 rings (SSSR count). The topological polar surface area (TPSA) is 42.3 Å². The summed E-state index contributed by atoms with van der Waals surface area (Å²) in [6.45, 7) is 4.19. The summed E-state index contributed by atoms with van der Waals surface area (Å²) in [5.41, 5.74) is 4.57. The molecule has 0 atom stereocenters. The van der Waals surface area contributed by atoms with E-state index < -0.39 is 0 Å². The first-order chi connectivity index (χ1) is 14.7. The fourth-order valence-corrected chi connectivity index (χ4v) is 4.89. The van der Waals surface area contributed by atoms with E-state index in [1.54, 1.807) is 18.2 Å². The molecule has 0 N–H and O–H groups in total. The summed E-state index contributed by atoms with van der Waals surface area (Å²) in [4.78, 5) is 27.1. The molecule has 1 aliphatic rings. The second-order valence-corrected chi connectivity index (χ2v) is 9.88. The Balaban J connectivity index is 1.63. The Morgan fingerprint density at radius 2 is 1.71 bits per heavy atom. The van der Waals surface area contributed by atoms with Gasteiger partial charge in [-0.1, -0.05) is 51.3 Å². The molecule has 0 unspecified atom stereocenters. The van der Waals surface area contributed by atoms with Crippen LogP contribution in [0.3, 0.4) is 0 Å². The van der Waals surface area contributed by atoms with Gasteiger partial charge in [-0.3, -0.25) is 14.5 Å². The van der Waals surface area contributed by atoms with Crippen molar-refractivity contribution < 1.29 is 9.59 Å². The maximum absolute atomic E-state index is 12.9. The molecule has 0 radical (unpaired) electrons. The number of imide groups is 1. The van der Waals surface area contributed by atoms with Crippen molar-refractivity contribution in [2.45, 2.75) is 20.4 Å². The van der Waals surface area contributed by atoms with Gasteiger partial charge in [-0.05, 0) is 79.2 Å². The molecule has 3 aromatic rings. The Morgan fingerprint density at radius 1 is 1.00 bits per heavy atom. The van der Waals surface area contributed by atoms with Crippen LogP contribution in [0.15, 0.2) is 57.9 Å². The van der Waals surface area contributed by atoms with Crippen molar-refractivity contribution >= 4 is 68.1 Å². The van der Waals surface area contributed by atoms with E-state index in [2.05, 4.69) is 15.9 Å². The highest BCUT2D eigenvalue weighted by Crippen LogP contribution is 2.35. The normalized spacial score (nSPS) is 15.4. The van der Waals surface area contributed by atoms with Crippen LogP contribution in [-0.2, 0) is 11.3 Å². The van der Waals surface area contributed by atoms with Gasteiger partial charge in [-0.2, -0.15) is 0 Å². The van der Waals surface area contributed by atoms with Gasteiger partial charge in [0.25, 0.3) is 11.1 Å². The average molecular weight is 536 g/mol.